The van der Waals surface area contributed by atoms with Crippen molar-refractivity contribution in [3.8, 4) is 5.75 Å². The smallest absolute Gasteiger partial charge is 0.341 e. The second-order valence-electron chi connectivity index (χ2n) is 9.96. The molecule has 0 saturated carbocycles. The van der Waals surface area contributed by atoms with Crippen molar-refractivity contribution in [3.05, 3.63) is 53.1 Å². The van der Waals surface area contributed by atoms with Gasteiger partial charge in [-0.05, 0) is 79.3 Å². The summed E-state index contributed by atoms with van der Waals surface area (Å²) >= 11 is 0. The van der Waals surface area contributed by atoms with Crippen LogP contribution in [0.5, 0.6) is 5.75 Å². The molecule has 2 heterocycles. The van der Waals surface area contributed by atoms with Crippen LogP contribution in [0.2, 0.25) is 0 Å². The van der Waals surface area contributed by atoms with E-state index in [9.17, 15) is 13.2 Å². The standard InChI is InChI=1S/C28H37NO6S/c1-5-23-8-6-22-16-21(19(2)3)7-10-26(22)29(23)36(31,32)24-9-11-27(25(17-24)28(30)33-4)35-18-20-12-14-34-15-13-20/h7,9-11,16-17,19-20,23H,5-6,8,12-15,18H2,1-4H3/t23-/m1/s1. The summed E-state index contributed by atoms with van der Waals surface area (Å²) in [6.07, 6.45) is 4.07. The highest BCUT2D eigenvalue weighted by molar-refractivity contribution is 7.92. The monoisotopic (exact) mass is 515 g/mol. The molecule has 0 spiro atoms. The van der Waals surface area contributed by atoms with E-state index in [1.54, 1.807) is 10.4 Å². The van der Waals surface area contributed by atoms with Crippen molar-refractivity contribution < 1.29 is 27.4 Å². The average Bonchev–Trinajstić information content (AvgIpc) is 2.90. The zero-order chi connectivity index (χ0) is 25.9. The molecule has 1 saturated heterocycles. The van der Waals surface area contributed by atoms with Gasteiger partial charge in [0.2, 0.25) is 0 Å². The lowest BCUT2D eigenvalue weighted by atomic mass is 9.92. The van der Waals surface area contributed by atoms with Crippen LogP contribution in [-0.4, -0.2) is 47.4 Å². The highest BCUT2D eigenvalue weighted by atomic mass is 32.2. The molecule has 36 heavy (non-hydrogen) atoms. The van der Waals surface area contributed by atoms with Gasteiger partial charge in [0.25, 0.3) is 10.0 Å². The van der Waals surface area contributed by atoms with Crippen LogP contribution < -0.4 is 9.04 Å². The van der Waals surface area contributed by atoms with E-state index in [4.69, 9.17) is 14.2 Å². The summed E-state index contributed by atoms with van der Waals surface area (Å²) in [6.45, 7) is 8.11. The van der Waals surface area contributed by atoms with Crippen LogP contribution in [0.15, 0.2) is 41.3 Å². The first kappa shape index (κ1) is 26.5. The molecular formula is C28H37NO6S. The summed E-state index contributed by atoms with van der Waals surface area (Å²) in [5.41, 5.74) is 3.07. The first-order valence-electron chi connectivity index (χ1n) is 12.9. The second kappa shape index (κ2) is 11.2. The SMILES string of the molecule is CC[C@@H]1CCc2cc(C(C)C)ccc2N1S(=O)(=O)c1ccc(OCC2CCOCC2)c(C(=O)OC)c1. The molecule has 0 amide bonds. The molecule has 1 atom stereocenters. The van der Waals surface area contributed by atoms with Crippen molar-refractivity contribution in [2.75, 3.05) is 31.2 Å². The van der Waals surface area contributed by atoms with E-state index < -0.39 is 16.0 Å². The molecule has 4 rings (SSSR count). The van der Waals surface area contributed by atoms with Crippen molar-refractivity contribution in [2.24, 2.45) is 5.92 Å². The van der Waals surface area contributed by atoms with Crippen LogP contribution in [0.3, 0.4) is 0 Å². The first-order valence-corrected chi connectivity index (χ1v) is 14.3. The minimum atomic E-state index is -3.93. The van der Waals surface area contributed by atoms with E-state index in [1.807, 2.05) is 19.1 Å². The molecule has 0 aromatic heterocycles. The highest BCUT2D eigenvalue weighted by Crippen LogP contribution is 2.38. The Morgan fingerprint density at radius 2 is 1.86 bits per heavy atom. The first-order chi connectivity index (χ1) is 17.3. The molecule has 0 aliphatic carbocycles. The van der Waals surface area contributed by atoms with Gasteiger partial charge in [-0.3, -0.25) is 4.31 Å². The van der Waals surface area contributed by atoms with Crippen LogP contribution >= 0.6 is 0 Å². The molecule has 0 radical (unpaired) electrons. The molecular weight excluding hydrogens is 478 g/mol. The summed E-state index contributed by atoms with van der Waals surface area (Å²) in [7, 11) is -2.65. The van der Waals surface area contributed by atoms with Crippen LogP contribution in [-0.2, 0) is 25.9 Å². The number of anilines is 1. The van der Waals surface area contributed by atoms with Crippen molar-refractivity contribution in [2.45, 2.75) is 69.7 Å². The highest BCUT2D eigenvalue weighted by Gasteiger charge is 2.36. The average molecular weight is 516 g/mol. The number of esters is 1. The third-order valence-electron chi connectivity index (χ3n) is 7.29. The lowest BCUT2D eigenvalue weighted by Gasteiger charge is -2.38. The summed E-state index contributed by atoms with van der Waals surface area (Å²) in [4.78, 5) is 12.7. The van der Waals surface area contributed by atoms with E-state index in [2.05, 4.69) is 19.9 Å². The van der Waals surface area contributed by atoms with Crippen LogP contribution in [0, 0.1) is 5.92 Å². The van der Waals surface area contributed by atoms with E-state index in [-0.39, 0.29) is 16.5 Å². The van der Waals surface area contributed by atoms with Crippen LogP contribution in [0.4, 0.5) is 5.69 Å². The Kier molecular flexibility index (Phi) is 8.25. The van der Waals surface area contributed by atoms with E-state index in [0.717, 1.165) is 36.9 Å². The molecule has 2 aromatic rings. The lowest BCUT2D eigenvalue weighted by molar-refractivity contribution is 0.0483. The topological polar surface area (TPSA) is 82.1 Å². The number of hydrogen-bond acceptors (Lipinski definition) is 6. The second-order valence-corrected chi connectivity index (χ2v) is 11.8. The zero-order valence-corrected chi connectivity index (χ0v) is 22.5. The normalized spacial score (nSPS) is 18.7. The molecule has 8 heteroatoms. The van der Waals surface area contributed by atoms with Crippen molar-refractivity contribution >= 4 is 21.7 Å². The Balaban J connectivity index is 1.69. The number of ether oxygens (including phenoxy) is 3. The molecule has 0 bridgehead atoms. The maximum absolute atomic E-state index is 14.0. The number of hydrogen-bond donors (Lipinski definition) is 0. The molecule has 2 aromatic carbocycles. The Morgan fingerprint density at radius 1 is 1.11 bits per heavy atom. The molecule has 2 aliphatic rings. The predicted octanol–water partition coefficient (Wildman–Crippen LogP) is 5.32. The van der Waals surface area contributed by atoms with Crippen LogP contribution in [0.1, 0.15) is 73.9 Å². The van der Waals surface area contributed by atoms with Gasteiger partial charge in [-0.15, -0.1) is 0 Å². The quantitative estimate of drug-likeness (QED) is 0.443. The number of carbonyl (C=O) groups is 1. The molecule has 196 valence electrons. The van der Waals surface area contributed by atoms with Gasteiger partial charge in [0, 0.05) is 19.3 Å². The molecule has 0 unspecified atom stereocenters. The Labute approximate surface area is 214 Å². The lowest BCUT2D eigenvalue weighted by Crippen LogP contribution is -2.43. The molecule has 0 N–H and O–H groups in total. The van der Waals surface area contributed by atoms with Crippen LogP contribution in [0.25, 0.3) is 0 Å². The van der Waals surface area contributed by atoms with Gasteiger partial charge in [0.05, 0.1) is 24.3 Å². The molecule has 7 nitrogen and oxygen atoms in total. The number of rotatable bonds is 8. The molecule has 2 aliphatic heterocycles. The summed E-state index contributed by atoms with van der Waals surface area (Å²) in [6, 6.07) is 10.4. The van der Waals surface area contributed by atoms with Gasteiger partial charge in [-0.2, -0.15) is 0 Å². The maximum atomic E-state index is 14.0. The number of sulfonamides is 1. The fraction of sp³-hybridized carbons (Fsp3) is 0.536. The van der Waals surface area contributed by atoms with Gasteiger partial charge in [0.15, 0.2) is 0 Å². The third-order valence-corrected chi connectivity index (χ3v) is 9.15. The van der Waals surface area contributed by atoms with Crippen molar-refractivity contribution in [1.82, 2.24) is 0 Å². The number of aryl methyl sites for hydroxylation is 1. The van der Waals surface area contributed by atoms with Gasteiger partial charge < -0.3 is 14.2 Å². The van der Waals surface area contributed by atoms with Crippen molar-refractivity contribution in [1.29, 1.82) is 0 Å². The summed E-state index contributed by atoms with van der Waals surface area (Å²) in [5, 5.41) is 0. The van der Waals surface area contributed by atoms with E-state index >= 15 is 0 Å². The zero-order valence-electron chi connectivity index (χ0n) is 21.7. The fourth-order valence-electron chi connectivity index (χ4n) is 5.01. The number of nitrogens with zero attached hydrogens (tertiary/aromatic N) is 1. The number of methoxy groups -OCH3 is 1. The number of benzene rings is 2. The Morgan fingerprint density at radius 3 is 2.53 bits per heavy atom. The number of carbonyl (C=O) groups excluding carboxylic acids is 1. The van der Waals surface area contributed by atoms with Gasteiger partial charge >= 0.3 is 5.97 Å². The fourth-order valence-corrected chi connectivity index (χ4v) is 6.83. The predicted molar refractivity (Wildman–Crippen MR) is 139 cm³/mol. The van der Waals surface area contributed by atoms with E-state index in [1.165, 1.54) is 24.8 Å². The number of fused-ring (bicyclic) bond motifs is 1. The van der Waals surface area contributed by atoms with Gasteiger partial charge in [-0.1, -0.05) is 32.9 Å². The van der Waals surface area contributed by atoms with Gasteiger partial charge in [0.1, 0.15) is 11.3 Å². The Hall–Kier alpha value is -2.58. The van der Waals surface area contributed by atoms with Crippen molar-refractivity contribution in [3.63, 3.8) is 0 Å². The summed E-state index contributed by atoms with van der Waals surface area (Å²) < 4.78 is 46.0. The minimum Gasteiger partial charge on any atom is -0.492 e. The summed E-state index contributed by atoms with van der Waals surface area (Å²) in [5.74, 6) is 0.403. The molecule has 1 fully saturated rings. The largest absolute Gasteiger partial charge is 0.492 e. The third kappa shape index (κ3) is 5.39. The van der Waals surface area contributed by atoms with E-state index in [0.29, 0.717) is 43.8 Å². The maximum Gasteiger partial charge on any atom is 0.341 e. The van der Waals surface area contributed by atoms with Gasteiger partial charge in [-0.25, -0.2) is 13.2 Å². The minimum absolute atomic E-state index is 0.0561. The Bertz CT molecular complexity index is 1190.